The number of nitrogens with one attached hydrogen (secondary N) is 1. The summed E-state index contributed by atoms with van der Waals surface area (Å²) in [4.78, 5) is 37.4. The van der Waals surface area contributed by atoms with Gasteiger partial charge in [-0.2, -0.15) is 0 Å². The second-order valence-corrected chi connectivity index (χ2v) is 6.29. The van der Waals surface area contributed by atoms with Crippen LogP contribution in [-0.4, -0.2) is 35.7 Å². The fourth-order valence-corrected chi connectivity index (χ4v) is 2.89. The van der Waals surface area contributed by atoms with Crippen molar-refractivity contribution in [1.29, 1.82) is 0 Å². The predicted molar refractivity (Wildman–Crippen MR) is 79.2 cm³/mol. The smallest absolute Gasteiger partial charge is 0.233 e. The van der Waals surface area contributed by atoms with Crippen molar-refractivity contribution in [2.75, 3.05) is 13.1 Å². The molecule has 0 aromatic carbocycles. The first-order valence-electron chi connectivity index (χ1n) is 7.77. The van der Waals surface area contributed by atoms with Crippen LogP contribution in [0.5, 0.6) is 0 Å². The Morgan fingerprint density at radius 3 is 2.33 bits per heavy atom. The van der Waals surface area contributed by atoms with E-state index < -0.39 is 0 Å². The molecule has 1 N–H and O–H groups in total. The van der Waals surface area contributed by atoms with Gasteiger partial charge in [-0.1, -0.05) is 26.0 Å². The Bertz CT molecular complexity index is 430. The number of amides is 3. The first-order chi connectivity index (χ1) is 10.0. The van der Waals surface area contributed by atoms with Gasteiger partial charge in [0.2, 0.25) is 17.7 Å². The maximum absolute atomic E-state index is 12.2. The van der Waals surface area contributed by atoms with Crippen LogP contribution in [0.2, 0.25) is 0 Å². The Hall–Kier alpha value is -1.65. The van der Waals surface area contributed by atoms with Crippen LogP contribution >= 0.6 is 0 Å². The second kappa shape index (κ2) is 6.87. The molecule has 0 spiro atoms. The average molecular weight is 292 g/mol. The molecule has 0 bridgehead atoms. The number of rotatable bonds is 6. The maximum atomic E-state index is 12.2. The first kappa shape index (κ1) is 15.7. The van der Waals surface area contributed by atoms with Crippen LogP contribution in [0.3, 0.4) is 0 Å². The molecule has 0 saturated carbocycles. The molecular weight excluding hydrogens is 268 g/mol. The van der Waals surface area contributed by atoms with E-state index >= 15 is 0 Å². The lowest BCUT2D eigenvalue weighted by Gasteiger charge is -2.14. The van der Waals surface area contributed by atoms with Gasteiger partial charge in [0.25, 0.3) is 0 Å². The molecule has 2 atom stereocenters. The number of allylic oxidation sites excluding steroid dienone is 2. The van der Waals surface area contributed by atoms with Gasteiger partial charge in [0.15, 0.2) is 0 Å². The molecule has 5 heteroatoms. The van der Waals surface area contributed by atoms with Gasteiger partial charge in [-0.15, -0.1) is 0 Å². The summed E-state index contributed by atoms with van der Waals surface area (Å²) in [6.07, 6.45) is 6.19. The van der Waals surface area contributed by atoms with Crippen LogP contribution in [0, 0.1) is 17.8 Å². The summed E-state index contributed by atoms with van der Waals surface area (Å²) in [6, 6.07) is 0. The Morgan fingerprint density at radius 1 is 1.24 bits per heavy atom. The molecule has 1 heterocycles. The van der Waals surface area contributed by atoms with E-state index in [1.165, 1.54) is 4.90 Å². The molecule has 116 valence electrons. The number of hydrogen-bond acceptors (Lipinski definition) is 3. The number of likely N-dealkylation sites (tertiary alicyclic amines) is 1. The molecule has 0 unspecified atom stereocenters. The standard InChI is InChI=1S/C16H24N2O3/c1-11(2)10-17-14(19)8-5-9-18-15(20)12-6-3-4-7-13(12)16(18)21/h3-4,11-13H,5-10H2,1-2H3,(H,17,19)/t12-,13+. The van der Waals surface area contributed by atoms with Gasteiger partial charge in [0.05, 0.1) is 11.8 Å². The van der Waals surface area contributed by atoms with E-state index in [2.05, 4.69) is 5.32 Å². The van der Waals surface area contributed by atoms with E-state index in [0.29, 0.717) is 44.7 Å². The first-order valence-corrected chi connectivity index (χ1v) is 7.77. The number of imide groups is 1. The van der Waals surface area contributed by atoms with Gasteiger partial charge in [-0.25, -0.2) is 0 Å². The third-order valence-electron chi connectivity index (χ3n) is 4.09. The molecule has 0 radical (unpaired) electrons. The number of fused-ring (bicyclic) bond motifs is 1. The summed E-state index contributed by atoms with van der Waals surface area (Å²) in [7, 11) is 0. The van der Waals surface area contributed by atoms with Crippen LogP contribution in [0.15, 0.2) is 12.2 Å². The number of carbonyl (C=O) groups excluding carboxylic acids is 3. The summed E-state index contributed by atoms with van der Waals surface area (Å²) in [5, 5.41) is 2.84. The van der Waals surface area contributed by atoms with Crippen molar-refractivity contribution in [2.45, 2.75) is 39.5 Å². The lowest BCUT2D eigenvalue weighted by atomic mass is 9.85. The van der Waals surface area contributed by atoms with E-state index in [0.717, 1.165) is 0 Å². The fourth-order valence-electron chi connectivity index (χ4n) is 2.89. The molecule has 0 aromatic heterocycles. The maximum Gasteiger partial charge on any atom is 0.233 e. The minimum Gasteiger partial charge on any atom is -0.356 e. The molecule has 2 aliphatic rings. The van der Waals surface area contributed by atoms with Crippen molar-refractivity contribution in [3.63, 3.8) is 0 Å². The Balaban J connectivity index is 1.77. The minimum absolute atomic E-state index is 0.0122. The van der Waals surface area contributed by atoms with Crippen molar-refractivity contribution in [1.82, 2.24) is 10.2 Å². The average Bonchev–Trinajstić information content (AvgIpc) is 2.70. The van der Waals surface area contributed by atoms with Crippen molar-refractivity contribution >= 4 is 17.7 Å². The van der Waals surface area contributed by atoms with Gasteiger partial charge < -0.3 is 5.32 Å². The van der Waals surface area contributed by atoms with Crippen LogP contribution in [0.4, 0.5) is 0 Å². The summed E-state index contributed by atoms with van der Waals surface area (Å²) >= 11 is 0. The molecule has 3 amide bonds. The van der Waals surface area contributed by atoms with E-state index in [9.17, 15) is 14.4 Å². The zero-order valence-corrected chi connectivity index (χ0v) is 12.8. The van der Waals surface area contributed by atoms with Crippen LogP contribution in [-0.2, 0) is 14.4 Å². The highest BCUT2D eigenvalue weighted by Crippen LogP contribution is 2.35. The van der Waals surface area contributed by atoms with E-state index in [-0.39, 0.29) is 29.6 Å². The van der Waals surface area contributed by atoms with Gasteiger partial charge in [0, 0.05) is 19.5 Å². The molecule has 0 aromatic rings. The summed E-state index contributed by atoms with van der Waals surface area (Å²) in [5.41, 5.74) is 0. The van der Waals surface area contributed by atoms with Crippen molar-refractivity contribution in [2.24, 2.45) is 17.8 Å². The summed E-state index contributed by atoms with van der Waals surface area (Å²) in [5.74, 6) is -0.0448. The number of hydrogen-bond donors (Lipinski definition) is 1. The van der Waals surface area contributed by atoms with E-state index in [1.54, 1.807) is 0 Å². The lowest BCUT2D eigenvalue weighted by Crippen LogP contribution is -2.33. The quantitative estimate of drug-likeness (QED) is 0.596. The van der Waals surface area contributed by atoms with Crippen molar-refractivity contribution in [3.8, 4) is 0 Å². The third kappa shape index (κ3) is 3.71. The van der Waals surface area contributed by atoms with Gasteiger partial charge >= 0.3 is 0 Å². The number of nitrogens with zero attached hydrogens (tertiary/aromatic N) is 1. The zero-order valence-electron chi connectivity index (χ0n) is 12.8. The number of carbonyl (C=O) groups is 3. The molecule has 2 rings (SSSR count). The normalized spacial score (nSPS) is 24.6. The molecule has 5 nitrogen and oxygen atoms in total. The zero-order chi connectivity index (χ0) is 15.4. The fraction of sp³-hybridized carbons (Fsp3) is 0.688. The highest BCUT2D eigenvalue weighted by Gasteiger charge is 2.46. The van der Waals surface area contributed by atoms with Crippen LogP contribution in [0.25, 0.3) is 0 Å². The molecular formula is C16H24N2O3. The topological polar surface area (TPSA) is 66.5 Å². The predicted octanol–water partition coefficient (Wildman–Crippen LogP) is 1.49. The summed E-state index contributed by atoms with van der Waals surface area (Å²) < 4.78 is 0. The van der Waals surface area contributed by atoms with Crippen LogP contribution < -0.4 is 5.32 Å². The second-order valence-electron chi connectivity index (χ2n) is 6.29. The van der Waals surface area contributed by atoms with E-state index in [1.807, 2.05) is 26.0 Å². The van der Waals surface area contributed by atoms with E-state index in [4.69, 9.17) is 0 Å². The van der Waals surface area contributed by atoms with Crippen molar-refractivity contribution < 1.29 is 14.4 Å². The molecule has 1 saturated heterocycles. The van der Waals surface area contributed by atoms with Gasteiger partial charge in [-0.05, 0) is 25.2 Å². The lowest BCUT2D eigenvalue weighted by molar-refractivity contribution is -0.140. The Morgan fingerprint density at radius 2 is 1.81 bits per heavy atom. The van der Waals surface area contributed by atoms with Crippen LogP contribution in [0.1, 0.15) is 39.5 Å². The summed E-state index contributed by atoms with van der Waals surface area (Å²) in [6.45, 7) is 5.10. The third-order valence-corrected chi connectivity index (χ3v) is 4.09. The monoisotopic (exact) mass is 292 g/mol. The molecule has 1 fully saturated rings. The Kier molecular flexibility index (Phi) is 5.15. The highest BCUT2D eigenvalue weighted by molar-refractivity contribution is 6.05. The van der Waals surface area contributed by atoms with Gasteiger partial charge in [0.1, 0.15) is 0 Å². The van der Waals surface area contributed by atoms with Crippen molar-refractivity contribution in [3.05, 3.63) is 12.2 Å². The van der Waals surface area contributed by atoms with Gasteiger partial charge in [-0.3, -0.25) is 19.3 Å². The largest absolute Gasteiger partial charge is 0.356 e. The minimum atomic E-state index is -0.169. The molecule has 21 heavy (non-hydrogen) atoms. The molecule has 1 aliphatic heterocycles. The highest BCUT2D eigenvalue weighted by atomic mass is 16.2. The SMILES string of the molecule is CC(C)CNC(=O)CCCN1C(=O)[C@H]2CC=CC[C@H]2C1=O. The Labute approximate surface area is 125 Å². The molecule has 1 aliphatic carbocycles.